The van der Waals surface area contributed by atoms with Crippen molar-refractivity contribution in [3.05, 3.63) is 47.9 Å². The fourth-order valence-electron chi connectivity index (χ4n) is 3.73. The number of morpholine rings is 1. The Labute approximate surface area is 204 Å². The first kappa shape index (κ1) is 27.4. The Morgan fingerprint density at radius 2 is 1.91 bits per heavy atom. The highest BCUT2D eigenvalue weighted by molar-refractivity contribution is 5.95. The second-order valence-electron chi connectivity index (χ2n) is 7.78. The Kier molecular flexibility index (Phi) is 10.1. The van der Waals surface area contributed by atoms with Crippen molar-refractivity contribution < 1.29 is 29.2 Å². The first-order chi connectivity index (χ1) is 15.5. The summed E-state index contributed by atoms with van der Waals surface area (Å²) in [6.45, 7) is 6.65. The zero-order chi connectivity index (χ0) is 22.5. The molecule has 2 heterocycles. The highest BCUT2D eigenvalue weighted by Gasteiger charge is 2.14. The van der Waals surface area contributed by atoms with Crippen LogP contribution in [0.25, 0.3) is 10.9 Å². The molecule has 10 heteroatoms. The van der Waals surface area contributed by atoms with Crippen LogP contribution < -0.4 is 14.8 Å². The van der Waals surface area contributed by atoms with Gasteiger partial charge in [0.2, 0.25) is 0 Å². The molecule has 0 saturated carbocycles. The van der Waals surface area contributed by atoms with Gasteiger partial charge < -0.3 is 30.1 Å². The van der Waals surface area contributed by atoms with Gasteiger partial charge in [-0.2, -0.15) is 0 Å². The molecule has 186 valence electrons. The minimum absolute atomic E-state index is 0. The van der Waals surface area contributed by atoms with Gasteiger partial charge in [-0.3, -0.25) is 9.88 Å². The number of aromatic hydroxyl groups is 1. The van der Waals surface area contributed by atoms with Gasteiger partial charge in [-0.25, -0.2) is 4.39 Å². The number of fused-ring (bicyclic) bond motifs is 1. The molecule has 8 nitrogen and oxygen atoms in total. The third kappa shape index (κ3) is 6.38. The molecule has 0 spiro atoms. The van der Waals surface area contributed by atoms with Gasteiger partial charge in [0, 0.05) is 49.0 Å². The van der Waals surface area contributed by atoms with Crippen LogP contribution in [-0.4, -0.2) is 67.0 Å². The highest BCUT2D eigenvalue weighted by atomic mass is 35.5. The van der Waals surface area contributed by atoms with E-state index in [1.54, 1.807) is 26.3 Å². The lowest BCUT2D eigenvalue weighted by molar-refractivity contribution is 0.0357. The molecule has 4 N–H and O–H groups in total. The highest BCUT2D eigenvalue weighted by Crippen LogP contribution is 2.36. The molecule has 1 aromatic heterocycles. The number of pyridine rings is 1. The standard InChI is InChI=1S/C24H28FN3O4.ClH.H2O/c1-16-12-18(25)21(14-22(16)29)27-19-4-5-26-20-15-24(23(30-2)13-17(19)20)32-9-3-6-28-7-10-31-11-8-28;;/h4-5,12-15,29H,3,6-11H2,1-2H3,(H,26,27);1H;1H2. The number of methoxy groups -OCH3 is 1. The summed E-state index contributed by atoms with van der Waals surface area (Å²) >= 11 is 0. The summed E-state index contributed by atoms with van der Waals surface area (Å²) in [5.41, 5.74) is 2.00. The predicted octanol–water partition coefficient (Wildman–Crippen LogP) is 3.84. The predicted molar refractivity (Wildman–Crippen MR) is 133 cm³/mol. The zero-order valence-electron chi connectivity index (χ0n) is 19.3. The van der Waals surface area contributed by atoms with Gasteiger partial charge in [0.1, 0.15) is 11.6 Å². The lowest BCUT2D eigenvalue weighted by Crippen LogP contribution is -2.37. The number of halogens is 2. The van der Waals surface area contributed by atoms with Crippen molar-refractivity contribution in [2.75, 3.05) is 51.9 Å². The number of anilines is 2. The second kappa shape index (κ2) is 12.6. The van der Waals surface area contributed by atoms with Crippen molar-refractivity contribution in [2.45, 2.75) is 13.3 Å². The largest absolute Gasteiger partial charge is 0.508 e. The van der Waals surface area contributed by atoms with Crippen LogP contribution in [0.3, 0.4) is 0 Å². The molecule has 0 bridgehead atoms. The van der Waals surface area contributed by atoms with E-state index in [4.69, 9.17) is 14.2 Å². The molecule has 4 rings (SSSR count). The molecule has 0 amide bonds. The molecule has 0 aliphatic carbocycles. The van der Waals surface area contributed by atoms with E-state index in [1.807, 2.05) is 12.1 Å². The third-order valence-electron chi connectivity index (χ3n) is 5.56. The van der Waals surface area contributed by atoms with E-state index in [9.17, 15) is 9.50 Å². The van der Waals surface area contributed by atoms with Crippen molar-refractivity contribution in [1.29, 1.82) is 0 Å². The summed E-state index contributed by atoms with van der Waals surface area (Å²) in [6.07, 6.45) is 2.54. The van der Waals surface area contributed by atoms with E-state index in [2.05, 4.69) is 15.2 Å². The molecular weight excluding hydrogens is 465 g/mol. The van der Waals surface area contributed by atoms with E-state index >= 15 is 0 Å². The van der Waals surface area contributed by atoms with Gasteiger partial charge in [-0.15, -0.1) is 12.4 Å². The zero-order valence-corrected chi connectivity index (χ0v) is 20.1. The quantitative estimate of drug-likeness (QED) is 0.457. The third-order valence-corrected chi connectivity index (χ3v) is 5.56. The number of aromatic nitrogens is 1. The van der Waals surface area contributed by atoms with Crippen molar-refractivity contribution in [1.82, 2.24) is 9.88 Å². The van der Waals surface area contributed by atoms with Gasteiger partial charge in [-0.05, 0) is 37.1 Å². The summed E-state index contributed by atoms with van der Waals surface area (Å²) in [5, 5.41) is 13.8. The van der Waals surface area contributed by atoms with Crippen LogP contribution in [-0.2, 0) is 4.74 Å². The Hall–Kier alpha value is -2.85. The fourth-order valence-corrected chi connectivity index (χ4v) is 3.73. The van der Waals surface area contributed by atoms with E-state index in [-0.39, 0.29) is 29.3 Å². The molecule has 1 aliphatic rings. The maximum Gasteiger partial charge on any atom is 0.163 e. The average molecular weight is 496 g/mol. The summed E-state index contributed by atoms with van der Waals surface area (Å²) in [6, 6.07) is 8.08. The minimum Gasteiger partial charge on any atom is -0.508 e. The maximum atomic E-state index is 14.4. The molecular formula is C24H31ClFN3O5. The molecule has 34 heavy (non-hydrogen) atoms. The lowest BCUT2D eigenvalue weighted by atomic mass is 10.1. The van der Waals surface area contributed by atoms with Crippen LogP contribution in [0.1, 0.15) is 12.0 Å². The number of nitrogens with one attached hydrogen (secondary N) is 1. The number of phenolic OH excluding ortho intramolecular Hbond substituents is 1. The van der Waals surface area contributed by atoms with Gasteiger partial charge in [0.25, 0.3) is 0 Å². The molecule has 2 aromatic carbocycles. The number of rotatable bonds is 8. The molecule has 1 fully saturated rings. The van der Waals surface area contributed by atoms with Crippen LogP contribution >= 0.6 is 12.4 Å². The van der Waals surface area contributed by atoms with E-state index in [0.717, 1.165) is 44.7 Å². The van der Waals surface area contributed by atoms with Crippen molar-refractivity contribution in [2.24, 2.45) is 0 Å². The van der Waals surface area contributed by atoms with E-state index < -0.39 is 5.82 Å². The van der Waals surface area contributed by atoms with Crippen LogP contribution in [0, 0.1) is 12.7 Å². The Balaban J connectivity index is 0.00000204. The maximum absolute atomic E-state index is 14.4. The van der Waals surface area contributed by atoms with E-state index in [0.29, 0.717) is 34.9 Å². The SMILES string of the molecule is COc1cc2c(Nc3cc(O)c(C)cc3F)ccnc2cc1OCCCN1CCOCC1.Cl.O. The molecule has 1 saturated heterocycles. The summed E-state index contributed by atoms with van der Waals surface area (Å²) in [7, 11) is 1.59. The fraction of sp³-hybridized carbons (Fsp3) is 0.375. The molecule has 1 aliphatic heterocycles. The van der Waals surface area contributed by atoms with Crippen LogP contribution in [0.15, 0.2) is 36.5 Å². The van der Waals surface area contributed by atoms with Crippen LogP contribution in [0.5, 0.6) is 17.2 Å². The van der Waals surface area contributed by atoms with Crippen molar-refractivity contribution in [3.8, 4) is 17.2 Å². The Morgan fingerprint density at radius 1 is 1.15 bits per heavy atom. The molecule has 3 aromatic rings. The normalized spacial score (nSPS) is 13.6. The summed E-state index contributed by atoms with van der Waals surface area (Å²) in [4.78, 5) is 6.80. The smallest absolute Gasteiger partial charge is 0.163 e. The number of ether oxygens (including phenoxy) is 3. The van der Waals surface area contributed by atoms with Gasteiger partial charge >= 0.3 is 0 Å². The van der Waals surface area contributed by atoms with Crippen molar-refractivity contribution >= 4 is 34.7 Å². The first-order valence-corrected chi connectivity index (χ1v) is 10.7. The van der Waals surface area contributed by atoms with Crippen molar-refractivity contribution in [3.63, 3.8) is 0 Å². The van der Waals surface area contributed by atoms with Crippen LogP contribution in [0.4, 0.5) is 15.8 Å². The number of hydrogen-bond acceptors (Lipinski definition) is 7. The van der Waals surface area contributed by atoms with Crippen LogP contribution in [0.2, 0.25) is 0 Å². The lowest BCUT2D eigenvalue weighted by Gasteiger charge is -2.26. The number of benzene rings is 2. The second-order valence-corrected chi connectivity index (χ2v) is 7.78. The molecule has 0 unspecified atom stereocenters. The summed E-state index contributed by atoms with van der Waals surface area (Å²) in [5.74, 6) is 0.771. The number of nitrogens with zero attached hydrogens (tertiary/aromatic N) is 2. The number of aryl methyl sites for hydroxylation is 1. The molecule has 0 atom stereocenters. The first-order valence-electron chi connectivity index (χ1n) is 10.7. The number of hydrogen-bond donors (Lipinski definition) is 2. The Morgan fingerprint density at radius 3 is 2.65 bits per heavy atom. The van der Waals surface area contributed by atoms with Gasteiger partial charge in [-0.1, -0.05) is 0 Å². The Bertz CT molecular complexity index is 1100. The van der Waals surface area contributed by atoms with E-state index in [1.165, 1.54) is 12.1 Å². The topological polar surface area (TPSA) is 108 Å². The minimum atomic E-state index is -0.447. The molecule has 0 radical (unpaired) electrons. The van der Waals surface area contributed by atoms with Gasteiger partial charge in [0.15, 0.2) is 11.5 Å². The summed E-state index contributed by atoms with van der Waals surface area (Å²) < 4.78 is 31.3. The average Bonchev–Trinajstić information content (AvgIpc) is 2.80. The van der Waals surface area contributed by atoms with Gasteiger partial charge in [0.05, 0.1) is 38.1 Å². The monoisotopic (exact) mass is 495 g/mol. The number of phenols is 1.